The summed E-state index contributed by atoms with van der Waals surface area (Å²) in [5.74, 6) is 1.31. The molecule has 0 fully saturated rings. The maximum absolute atomic E-state index is 12.7. The summed E-state index contributed by atoms with van der Waals surface area (Å²) < 4.78 is 23.6. The maximum Gasteiger partial charge on any atom is 0.165 e. The van der Waals surface area contributed by atoms with Crippen molar-refractivity contribution in [3.63, 3.8) is 0 Å². The van der Waals surface area contributed by atoms with E-state index in [4.69, 9.17) is 25.9 Å². The van der Waals surface area contributed by atoms with Gasteiger partial charge in [-0.05, 0) is 73.2 Å². The van der Waals surface area contributed by atoms with E-state index in [1.807, 2.05) is 26.8 Å². The van der Waals surface area contributed by atoms with Crippen molar-refractivity contribution < 1.29 is 18.7 Å². The van der Waals surface area contributed by atoms with Crippen LogP contribution in [-0.2, 0) is 11.3 Å². The van der Waals surface area contributed by atoms with Gasteiger partial charge in [-0.2, -0.15) is 4.39 Å². The topological polar surface area (TPSA) is 40.0 Å². The molecule has 4 nitrogen and oxygen atoms in total. The summed E-state index contributed by atoms with van der Waals surface area (Å²) >= 11 is 9.09. The molecule has 0 N–H and O–H groups in total. The maximum atomic E-state index is 12.7. The lowest BCUT2D eigenvalue weighted by Crippen LogP contribution is -2.02. The number of halogens is 3. The minimum atomic E-state index is -0.452. The van der Waals surface area contributed by atoms with Crippen LogP contribution in [-0.4, -0.2) is 25.5 Å². The van der Waals surface area contributed by atoms with Gasteiger partial charge >= 0.3 is 0 Å². The predicted molar refractivity (Wildman–Crippen MR) is 118 cm³/mol. The van der Waals surface area contributed by atoms with E-state index < -0.39 is 4.74 Å². The molecular formula is C21H30BrClFNO3. The Kier molecular flexibility index (Phi) is 13.0. The van der Waals surface area contributed by atoms with Crippen LogP contribution in [0.1, 0.15) is 58.4 Å². The van der Waals surface area contributed by atoms with Crippen molar-refractivity contribution in [1.29, 1.82) is 0 Å². The van der Waals surface area contributed by atoms with Crippen LogP contribution in [0.25, 0.3) is 0 Å². The standard InChI is InChI=1S/C21H30BrClFNO3/c1-4-17-14-18(26-13-10-20(22)24)15-19(23)21(17)27-11-8-6-5-7-9-12-28-25-16(2)3/h10,14-15H,4-9,11-13H2,1-3H3/b20-10+. The molecule has 0 aromatic heterocycles. The lowest BCUT2D eigenvalue weighted by molar-refractivity contribution is 0.139. The van der Waals surface area contributed by atoms with Gasteiger partial charge in [0.25, 0.3) is 0 Å². The van der Waals surface area contributed by atoms with Crippen LogP contribution >= 0.6 is 27.5 Å². The first-order valence-electron chi connectivity index (χ1n) is 9.66. The van der Waals surface area contributed by atoms with E-state index in [0.29, 0.717) is 29.7 Å². The molecule has 1 aromatic rings. The molecule has 28 heavy (non-hydrogen) atoms. The SMILES string of the molecule is CCc1cc(OC/C=C(/F)Br)cc(Cl)c1OCCCCCCCON=C(C)C. The zero-order chi connectivity index (χ0) is 20.8. The second-order valence-corrected chi connectivity index (χ2v) is 7.70. The van der Waals surface area contributed by atoms with Crippen LogP contribution < -0.4 is 9.47 Å². The second-order valence-electron chi connectivity index (χ2n) is 6.54. The molecule has 0 aliphatic heterocycles. The Morgan fingerprint density at radius 1 is 1.11 bits per heavy atom. The van der Waals surface area contributed by atoms with Gasteiger partial charge in [0.2, 0.25) is 0 Å². The number of hydrogen-bond acceptors (Lipinski definition) is 4. The highest BCUT2D eigenvalue weighted by atomic mass is 79.9. The van der Waals surface area contributed by atoms with E-state index in [0.717, 1.165) is 49.8 Å². The van der Waals surface area contributed by atoms with E-state index in [9.17, 15) is 4.39 Å². The summed E-state index contributed by atoms with van der Waals surface area (Å²) in [5.41, 5.74) is 1.92. The van der Waals surface area contributed by atoms with E-state index >= 15 is 0 Å². The monoisotopic (exact) mass is 477 g/mol. The lowest BCUT2D eigenvalue weighted by atomic mass is 10.1. The highest BCUT2D eigenvalue weighted by Crippen LogP contribution is 2.34. The molecule has 1 rings (SSSR count). The Morgan fingerprint density at radius 2 is 1.79 bits per heavy atom. The van der Waals surface area contributed by atoms with Gasteiger partial charge < -0.3 is 14.3 Å². The first kappa shape index (κ1) is 24.8. The molecule has 0 aliphatic carbocycles. The number of unbranched alkanes of at least 4 members (excludes halogenated alkanes) is 4. The Hall–Kier alpha value is -1.27. The molecule has 0 amide bonds. The van der Waals surface area contributed by atoms with E-state index in [1.165, 1.54) is 6.08 Å². The summed E-state index contributed by atoms with van der Waals surface area (Å²) in [4.78, 5) is 5.18. The number of ether oxygens (including phenoxy) is 2. The molecule has 1 aromatic carbocycles. The van der Waals surface area contributed by atoms with Crippen LogP contribution in [0.5, 0.6) is 11.5 Å². The van der Waals surface area contributed by atoms with Gasteiger partial charge in [-0.3, -0.25) is 0 Å². The van der Waals surface area contributed by atoms with Gasteiger partial charge in [0, 0.05) is 6.07 Å². The third-order valence-electron chi connectivity index (χ3n) is 3.84. The lowest BCUT2D eigenvalue weighted by Gasteiger charge is -2.14. The fraction of sp³-hybridized carbons (Fsp3) is 0.571. The Labute approximate surface area is 181 Å². The Balaban J connectivity index is 2.33. The molecule has 0 saturated heterocycles. The largest absolute Gasteiger partial charge is 0.492 e. The first-order chi connectivity index (χ1) is 13.4. The molecule has 0 unspecified atom stereocenters. The van der Waals surface area contributed by atoms with Crippen molar-refractivity contribution in [3.8, 4) is 11.5 Å². The average molecular weight is 479 g/mol. The van der Waals surface area contributed by atoms with Gasteiger partial charge in [0.05, 0.1) is 17.3 Å². The number of aryl methyl sites for hydroxylation is 1. The van der Waals surface area contributed by atoms with Crippen LogP contribution in [0, 0.1) is 0 Å². The molecule has 0 saturated carbocycles. The van der Waals surface area contributed by atoms with Crippen molar-refractivity contribution in [1.82, 2.24) is 0 Å². The van der Waals surface area contributed by atoms with Gasteiger partial charge in [-0.25, -0.2) is 0 Å². The summed E-state index contributed by atoms with van der Waals surface area (Å²) in [6.45, 7) is 7.29. The quantitative estimate of drug-likeness (QED) is 0.161. The van der Waals surface area contributed by atoms with Crippen molar-refractivity contribution in [2.75, 3.05) is 19.8 Å². The molecule has 0 bridgehead atoms. The van der Waals surface area contributed by atoms with Crippen molar-refractivity contribution in [2.45, 2.75) is 59.3 Å². The molecule has 158 valence electrons. The van der Waals surface area contributed by atoms with Gasteiger partial charge in [0.15, 0.2) is 4.74 Å². The first-order valence-corrected chi connectivity index (χ1v) is 10.8. The van der Waals surface area contributed by atoms with Gasteiger partial charge in [0.1, 0.15) is 24.7 Å². The van der Waals surface area contributed by atoms with Crippen LogP contribution in [0.15, 0.2) is 28.1 Å². The predicted octanol–water partition coefficient (Wildman–Crippen LogP) is 7.23. The third kappa shape index (κ3) is 10.9. The van der Waals surface area contributed by atoms with Crippen LogP contribution in [0.2, 0.25) is 5.02 Å². The summed E-state index contributed by atoms with van der Waals surface area (Å²) in [7, 11) is 0. The Morgan fingerprint density at radius 3 is 2.43 bits per heavy atom. The van der Waals surface area contributed by atoms with Crippen LogP contribution in [0.3, 0.4) is 0 Å². The fourth-order valence-corrected chi connectivity index (χ4v) is 2.89. The van der Waals surface area contributed by atoms with Crippen molar-refractivity contribution in [3.05, 3.63) is 33.5 Å². The minimum Gasteiger partial charge on any atom is -0.492 e. The minimum absolute atomic E-state index is 0.131. The van der Waals surface area contributed by atoms with Crippen molar-refractivity contribution in [2.24, 2.45) is 5.16 Å². The number of benzene rings is 1. The summed E-state index contributed by atoms with van der Waals surface area (Å²) in [6, 6.07) is 3.60. The fourth-order valence-electron chi connectivity index (χ4n) is 2.48. The zero-order valence-electron chi connectivity index (χ0n) is 16.9. The second kappa shape index (κ2) is 14.7. The highest BCUT2D eigenvalue weighted by Gasteiger charge is 2.11. The molecule has 0 aliphatic rings. The summed E-state index contributed by atoms with van der Waals surface area (Å²) in [6.07, 6.45) is 7.41. The van der Waals surface area contributed by atoms with E-state index in [1.54, 1.807) is 6.07 Å². The van der Waals surface area contributed by atoms with E-state index in [-0.39, 0.29) is 6.61 Å². The molecule has 0 heterocycles. The van der Waals surface area contributed by atoms with Gasteiger partial charge in [-0.1, -0.05) is 36.5 Å². The normalized spacial score (nSPS) is 11.3. The number of nitrogens with zero attached hydrogens (tertiary/aromatic N) is 1. The number of oxime groups is 1. The molecular weight excluding hydrogens is 449 g/mol. The average Bonchev–Trinajstić information content (AvgIpc) is 2.63. The highest BCUT2D eigenvalue weighted by molar-refractivity contribution is 9.11. The smallest absolute Gasteiger partial charge is 0.165 e. The number of rotatable bonds is 14. The molecule has 0 atom stereocenters. The molecule has 7 heteroatoms. The van der Waals surface area contributed by atoms with Crippen molar-refractivity contribution >= 4 is 33.2 Å². The molecule has 0 spiro atoms. The summed E-state index contributed by atoms with van der Waals surface area (Å²) in [5, 5.41) is 4.43. The van der Waals surface area contributed by atoms with Gasteiger partial charge in [-0.15, -0.1) is 0 Å². The molecule has 0 radical (unpaired) electrons. The third-order valence-corrected chi connectivity index (χ3v) is 4.44. The Bertz CT molecular complexity index is 645. The van der Waals surface area contributed by atoms with E-state index in [2.05, 4.69) is 21.1 Å². The number of hydrogen-bond donors (Lipinski definition) is 0. The van der Waals surface area contributed by atoms with Crippen LogP contribution in [0.4, 0.5) is 4.39 Å². The zero-order valence-corrected chi connectivity index (χ0v) is 19.2.